The fourth-order valence-electron chi connectivity index (χ4n) is 2.65. The number of halogens is 1. The molecule has 0 unspecified atom stereocenters. The van der Waals surface area contributed by atoms with E-state index < -0.39 is 0 Å². The van der Waals surface area contributed by atoms with E-state index in [4.69, 9.17) is 4.74 Å². The molecule has 0 aliphatic heterocycles. The molecule has 21 heavy (non-hydrogen) atoms. The molecule has 6 heteroatoms. The number of nitrogens with one attached hydrogen (secondary N) is 1. The summed E-state index contributed by atoms with van der Waals surface area (Å²) in [4.78, 5) is 28.2. The minimum absolute atomic E-state index is 0.0715. The fourth-order valence-corrected chi connectivity index (χ4v) is 2.87. The molecule has 1 fully saturated rings. The Balaban J connectivity index is 1.99. The second kappa shape index (κ2) is 7.02. The van der Waals surface area contributed by atoms with Crippen LogP contribution in [0.4, 0.5) is 5.82 Å². The average Bonchev–Trinajstić information content (AvgIpc) is 2.50. The number of carbonyl (C=O) groups is 2. The van der Waals surface area contributed by atoms with E-state index in [0.29, 0.717) is 12.2 Å². The molecule has 0 saturated heterocycles. The molecule has 2 atom stereocenters. The third kappa shape index (κ3) is 4.03. The smallest absolute Gasteiger partial charge is 0.308 e. The predicted molar refractivity (Wildman–Crippen MR) is 82.8 cm³/mol. The Morgan fingerprint density at radius 1 is 1.33 bits per heavy atom. The summed E-state index contributed by atoms with van der Waals surface area (Å²) in [6.45, 7) is 1.87. The molecule has 5 nitrogen and oxygen atoms in total. The van der Waals surface area contributed by atoms with Crippen LogP contribution in [-0.2, 0) is 14.3 Å². The van der Waals surface area contributed by atoms with Crippen LogP contribution in [-0.4, -0.2) is 24.0 Å². The van der Waals surface area contributed by atoms with Crippen molar-refractivity contribution in [2.75, 3.05) is 12.4 Å². The second-order valence-corrected chi connectivity index (χ2v) is 6.19. The first kappa shape index (κ1) is 15.9. The highest BCUT2D eigenvalue weighted by atomic mass is 79.9. The Hall–Kier alpha value is -1.43. The molecule has 114 valence electrons. The standard InChI is InChI=1S/C15H19BrN2O3/c1-9-12(16)6-7-13(17-9)18-14(19)10-4-3-5-11(8-10)15(20)21-2/h6-7,10-11H,3-5,8H2,1-2H3,(H,17,18,19)/t10-,11+/m1/s1. The number of hydrogen-bond acceptors (Lipinski definition) is 4. The predicted octanol–water partition coefficient (Wildman–Crippen LogP) is 3.07. The number of methoxy groups -OCH3 is 1. The number of ether oxygens (including phenoxy) is 1. The van der Waals surface area contributed by atoms with Crippen LogP contribution in [0, 0.1) is 18.8 Å². The topological polar surface area (TPSA) is 68.3 Å². The summed E-state index contributed by atoms with van der Waals surface area (Å²) in [6, 6.07) is 3.62. The maximum Gasteiger partial charge on any atom is 0.308 e. The number of amides is 1. The van der Waals surface area contributed by atoms with Gasteiger partial charge in [0.05, 0.1) is 18.7 Å². The largest absolute Gasteiger partial charge is 0.469 e. The second-order valence-electron chi connectivity index (χ2n) is 5.34. The van der Waals surface area contributed by atoms with E-state index in [-0.39, 0.29) is 23.7 Å². The molecule has 0 aromatic carbocycles. The highest BCUT2D eigenvalue weighted by Gasteiger charge is 2.31. The minimum atomic E-state index is -0.217. The molecule has 1 heterocycles. The van der Waals surface area contributed by atoms with Crippen molar-refractivity contribution in [1.29, 1.82) is 0 Å². The van der Waals surface area contributed by atoms with Crippen LogP contribution in [0.3, 0.4) is 0 Å². The Kier molecular flexibility index (Phi) is 5.33. The van der Waals surface area contributed by atoms with Gasteiger partial charge in [0.25, 0.3) is 0 Å². The number of anilines is 1. The lowest BCUT2D eigenvalue weighted by molar-refractivity contribution is -0.147. The number of carbonyl (C=O) groups excluding carboxylic acids is 2. The molecule has 0 radical (unpaired) electrons. The lowest BCUT2D eigenvalue weighted by Crippen LogP contribution is -2.31. The summed E-state index contributed by atoms with van der Waals surface area (Å²) in [5.74, 6) is -0.0726. The molecule has 1 aromatic rings. The number of aromatic nitrogens is 1. The zero-order chi connectivity index (χ0) is 15.4. The van der Waals surface area contributed by atoms with Gasteiger partial charge in [-0.25, -0.2) is 4.98 Å². The average molecular weight is 355 g/mol. The first-order valence-corrected chi connectivity index (χ1v) is 7.82. The van der Waals surface area contributed by atoms with Gasteiger partial charge in [-0.1, -0.05) is 6.42 Å². The molecular weight excluding hydrogens is 336 g/mol. The molecule has 1 amide bonds. The zero-order valence-electron chi connectivity index (χ0n) is 12.2. The number of esters is 1. The highest BCUT2D eigenvalue weighted by molar-refractivity contribution is 9.10. The van der Waals surface area contributed by atoms with Gasteiger partial charge in [0, 0.05) is 10.4 Å². The van der Waals surface area contributed by atoms with Crippen LogP contribution in [0.1, 0.15) is 31.4 Å². The summed E-state index contributed by atoms with van der Waals surface area (Å²) in [5, 5.41) is 2.83. The van der Waals surface area contributed by atoms with Crippen molar-refractivity contribution in [2.24, 2.45) is 11.8 Å². The SMILES string of the molecule is COC(=O)[C@H]1CCC[C@@H](C(=O)Nc2ccc(Br)c(C)n2)C1. The first-order chi connectivity index (χ1) is 10.0. The Labute approximate surface area is 132 Å². The van der Waals surface area contributed by atoms with Crippen LogP contribution in [0.5, 0.6) is 0 Å². The van der Waals surface area contributed by atoms with E-state index in [1.807, 2.05) is 13.0 Å². The van der Waals surface area contributed by atoms with Crippen LogP contribution in [0.25, 0.3) is 0 Å². The van der Waals surface area contributed by atoms with E-state index in [2.05, 4.69) is 26.2 Å². The molecule has 0 spiro atoms. The number of aryl methyl sites for hydroxylation is 1. The minimum Gasteiger partial charge on any atom is -0.469 e. The molecular formula is C15H19BrN2O3. The number of hydrogen-bond donors (Lipinski definition) is 1. The lowest BCUT2D eigenvalue weighted by atomic mass is 9.81. The van der Waals surface area contributed by atoms with Gasteiger partial charge >= 0.3 is 5.97 Å². The third-order valence-corrected chi connectivity index (χ3v) is 4.69. The van der Waals surface area contributed by atoms with Gasteiger partial charge in [0.15, 0.2) is 0 Å². The Morgan fingerprint density at radius 2 is 2.05 bits per heavy atom. The van der Waals surface area contributed by atoms with Crippen molar-refractivity contribution in [2.45, 2.75) is 32.6 Å². The first-order valence-electron chi connectivity index (χ1n) is 7.03. The number of rotatable bonds is 3. The van der Waals surface area contributed by atoms with Crippen LogP contribution in [0.15, 0.2) is 16.6 Å². The zero-order valence-corrected chi connectivity index (χ0v) is 13.8. The van der Waals surface area contributed by atoms with Crippen LogP contribution >= 0.6 is 15.9 Å². The number of pyridine rings is 1. The van der Waals surface area contributed by atoms with Gasteiger partial charge in [0.1, 0.15) is 5.82 Å². The quantitative estimate of drug-likeness (QED) is 0.847. The molecule has 1 N–H and O–H groups in total. The van der Waals surface area contributed by atoms with Gasteiger partial charge in [0.2, 0.25) is 5.91 Å². The summed E-state index contributed by atoms with van der Waals surface area (Å²) < 4.78 is 5.68. The normalized spacial score (nSPS) is 21.7. The maximum absolute atomic E-state index is 12.3. The molecule has 2 rings (SSSR count). The van der Waals surface area contributed by atoms with Gasteiger partial charge in [-0.05, 0) is 54.2 Å². The summed E-state index contributed by atoms with van der Waals surface area (Å²) >= 11 is 3.38. The Bertz CT molecular complexity index is 548. The van der Waals surface area contributed by atoms with Crippen molar-refractivity contribution in [3.63, 3.8) is 0 Å². The molecule has 1 aromatic heterocycles. The van der Waals surface area contributed by atoms with Gasteiger partial charge in [-0.15, -0.1) is 0 Å². The third-order valence-electron chi connectivity index (χ3n) is 3.85. The molecule has 1 aliphatic rings. The van der Waals surface area contributed by atoms with Crippen molar-refractivity contribution in [3.8, 4) is 0 Å². The van der Waals surface area contributed by atoms with E-state index in [0.717, 1.165) is 29.4 Å². The van der Waals surface area contributed by atoms with Crippen molar-refractivity contribution < 1.29 is 14.3 Å². The van der Waals surface area contributed by atoms with Crippen molar-refractivity contribution in [3.05, 3.63) is 22.3 Å². The van der Waals surface area contributed by atoms with Gasteiger partial charge < -0.3 is 10.1 Å². The van der Waals surface area contributed by atoms with E-state index in [9.17, 15) is 9.59 Å². The summed E-state index contributed by atoms with van der Waals surface area (Å²) in [5.41, 5.74) is 0.823. The summed E-state index contributed by atoms with van der Waals surface area (Å²) in [7, 11) is 1.39. The van der Waals surface area contributed by atoms with E-state index in [1.165, 1.54) is 7.11 Å². The van der Waals surface area contributed by atoms with Gasteiger partial charge in [-0.2, -0.15) is 0 Å². The van der Waals surface area contributed by atoms with Crippen LogP contribution in [0.2, 0.25) is 0 Å². The highest BCUT2D eigenvalue weighted by Crippen LogP contribution is 2.30. The monoisotopic (exact) mass is 354 g/mol. The number of nitrogens with zero attached hydrogens (tertiary/aromatic N) is 1. The maximum atomic E-state index is 12.3. The summed E-state index contributed by atoms with van der Waals surface area (Å²) in [6.07, 6.45) is 3.01. The lowest BCUT2D eigenvalue weighted by Gasteiger charge is -2.26. The molecule has 1 aliphatic carbocycles. The van der Waals surface area contributed by atoms with Crippen LogP contribution < -0.4 is 5.32 Å². The van der Waals surface area contributed by atoms with E-state index in [1.54, 1.807) is 6.07 Å². The van der Waals surface area contributed by atoms with Crippen molar-refractivity contribution >= 4 is 33.6 Å². The van der Waals surface area contributed by atoms with E-state index >= 15 is 0 Å². The van der Waals surface area contributed by atoms with Crippen molar-refractivity contribution in [1.82, 2.24) is 4.98 Å². The molecule has 0 bridgehead atoms. The Morgan fingerprint density at radius 3 is 2.71 bits per heavy atom. The molecule has 1 saturated carbocycles. The fraction of sp³-hybridized carbons (Fsp3) is 0.533. The van der Waals surface area contributed by atoms with Gasteiger partial charge in [-0.3, -0.25) is 9.59 Å².